The normalized spacial score (nSPS) is 44.7. The van der Waals surface area contributed by atoms with Crippen molar-refractivity contribution in [2.24, 2.45) is 34.5 Å². The summed E-state index contributed by atoms with van der Waals surface area (Å²) in [4.78, 5) is 24.8. The number of halogens is 2. The van der Waals surface area contributed by atoms with Crippen molar-refractivity contribution < 1.29 is 62.0 Å². The van der Waals surface area contributed by atoms with E-state index in [1.54, 1.807) is 13.8 Å². The molecule has 6 rings (SSSR count). The Bertz CT molecular complexity index is 1010. The number of quaternary nitrogens is 2. The Morgan fingerprint density at radius 2 is 1.23 bits per heavy atom. The predicted octanol–water partition coefficient (Wildman–Crippen LogP) is 0.119. The second-order valence-electron chi connectivity index (χ2n) is 16.7. The van der Waals surface area contributed by atoms with Crippen LogP contribution in [0.2, 0.25) is 0 Å². The van der Waals surface area contributed by atoms with Gasteiger partial charge in [0.05, 0.1) is 40.3 Å². The molecule has 0 bridgehead atoms. The number of carbonyl (C=O) groups is 2. The molecule has 6 nitrogen and oxygen atoms in total. The fourth-order valence-corrected chi connectivity index (χ4v) is 12.3. The van der Waals surface area contributed by atoms with E-state index in [-0.39, 0.29) is 63.5 Å². The van der Waals surface area contributed by atoms with Crippen molar-refractivity contribution >= 4 is 11.9 Å². The molecular weight excluding hydrogens is 672 g/mol. The van der Waals surface area contributed by atoms with Gasteiger partial charge < -0.3 is 52.4 Å². The van der Waals surface area contributed by atoms with Crippen LogP contribution in [0.3, 0.4) is 0 Å². The summed E-state index contributed by atoms with van der Waals surface area (Å²) < 4.78 is 14.7. The number of rotatable bonds is 4. The maximum Gasteiger partial charge on any atom is 0.303 e. The summed E-state index contributed by atoms with van der Waals surface area (Å²) in [7, 11) is 4.94. The monoisotopic (exact) mass is 730 g/mol. The molecule has 2 saturated heterocycles. The summed E-state index contributed by atoms with van der Waals surface area (Å²) in [5.41, 5.74) is 0.377. The molecule has 0 radical (unpaired) electrons. The molecule has 0 aromatic rings. The third-order valence-electron chi connectivity index (χ3n) is 14.5. The van der Waals surface area contributed by atoms with Crippen LogP contribution in [0.5, 0.6) is 0 Å². The first-order valence-corrected chi connectivity index (χ1v) is 17.4. The quantitative estimate of drug-likeness (QED) is 0.305. The van der Waals surface area contributed by atoms with Crippen molar-refractivity contribution in [3.63, 3.8) is 0 Å². The van der Waals surface area contributed by atoms with Crippen LogP contribution >= 0.6 is 0 Å². The maximum atomic E-state index is 12.5. The second-order valence-corrected chi connectivity index (χ2v) is 16.7. The van der Waals surface area contributed by atoms with Crippen LogP contribution in [0.15, 0.2) is 0 Å². The Morgan fingerprint density at radius 3 is 1.79 bits per heavy atom. The number of likely N-dealkylation sites (tertiary alicyclic amines) is 2. The molecule has 6 fully saturated rings. The van der Waals surface area contributed by atoms with Gasteiger partial charge in [-0.1, -0.05) is 13.8 Å². The summed E-state index contributed by atoms with van der Waals surface area (Å²) in [6.07, 6.45) is 16.4. The van der Waals surface area contributed by atoms with Gasteiger partial charge in [0.2, 0.25) is 0 Å². The van der Waals surface area contributed by atoms with Gasteiger partial charge in [0.15, 0.2) is 12.2 Å². The number of hydrogen-bond donors (Lipinski definition) is 0. The van der Waals surface area contributed by atoms with Crippen LogP contribution in [0, 0.1) is 34.5 Å². The lowest BCUT2D eigenvalue weighted by Crippen LogP contribution is -3.00. The Hall–Kier alpha value is -0.180. The zero-order valence-electron chi connectivity index (χ0n) is 27.9. The van der Waals surface area contributed by atoms with Crippen molar-refractivity contribution in [3.8, 4) is 0 Å². The lowest BCUT2D eigenvalue weighted by atomic mass is 9.44. The smallest absolute Gasteiger partial charge is 0.303 e. The van der Waals surface area contributed by atoms with Gasteiger partial charge in [0.1, 0.15) is 12.1 Å². The first kappa shape index (κ1) is 35.7. The van der Waals surface area contributed by atoms with Gasteiger partial charge >= 0.3 is 11.9 Å². The first-order valence-electron chi connectivity index (χ1n) is 17.4. The van der Waals surface area contributed by atoms with E-state index < -0.39 is 0 Å². The summed E-state index contributed by atoms with van der Waals surface area (Å²) in [6.45, 7) is 13.3. The molecule has 248 valence electrons. The second kappa shape index (κ2) is 13.1. The third kappa shape index (κ3) is 6.15. The number of nitrogens with zero attached hydrogens (tertiary/aromatic N) is 2. The van der Waals surface area contributed by atoms with Crippen LogP contribution in [-0.4, -0.2) is 85.5 Å². The number of carbonyl (C=O) groups excluding carboxylic acids is 2. The van der Waals surface area contributed by atoms with Crippen molar-refractivity contribution in [1.82, 2.24) is 0 Å². The highest BCUT2D eigenvalue weighted by Gasteiger charge is 2.68. The van der Waals surface area contributed by atoms with Gasteiger partial charge in [-0.2, -0.15) is 0 Å². The van der Waals surface area contributed by atoms with Crippen molar-refractivity contribution in [2.75, 3.05) is 40.3 Å². The highest BCUT2D eigenvalue weighted by molar-refractivity contribution is 5.66. The molecular formula is C35H60Br2N2O4. The molecule has 0 aromatic carbocycles. The van der Waals surface area contributed by atoms with E-state index in [2.05, 4.69) is 27.9 Å². The summed E-state index contributed by atoms with van der Waals surface area (Å²) in [5.74, 6) is 2.52. The summed E-state index contributed by atoms with van der Waals surface area (Å²) in [6, 6.07) is 0.846. The number of hydrogen-bond acceptors (Lipinski definition) is 4. The van der Waals surface area contributed by atoms with Crippen molar-refractivity contribution in [1.29, 1.82) is 0 Å². The SMILES string of the molecule is CC(=O)O[C@H]1C[C@@H]2CC[C@@H]3[C@H](CC[C@@]4(C)[C@H]3C[C@@H]([N+]3(C)CCCCC3)[C@@H]4OC(C)=O)[C@@]2(C)C[C@@H]1[N+]1(C)CCCCC1.[Br-].[Br-]. The zero-order chi connectivity index (χ0) is 29.2. The van der Waals surface area contributed by atoms with Crippen molar-refractivity contribution in [2.45, 2.75) is 135 Å². The van der Waals surface area contributed by atoms with Crippen LogP contribution in [0.4, 0.5) is 0 Å². The Morgan fingerprint density at radius 1 is 0.674 bits per heavy atom. The highest BCUT2D eigenvalue weighted by atomic mass is 79.9. The molecule has 4 saturated carbocycles. The van der Waals surface area contributed by atoms with E-state index in [4.69, 9.17) is 9.47 Å². The largest absolute Gasteiger partial charge is 1.00 e. The molecule has 2 aliphatic heterocycles. The number of likely N-dealkylation sites (N-methyl/N-ethyl adjacent to an activating group) is 2. The number of ether oxygens (including phenoxy) is 2. The van der Waals surface area contributed by atoms with Crippen LogP contribution < -0.4 is 34.0 Å². The summed E-state index contributed by atoms with van der Waals surface area (Å²) >= 11 is 0. The van der Waals surface area contributed by atoms with Crippen LogP contribution in [0.1, 0.15) is 111 Å². The predicted molar refractivity (Wildman–Crippen MR) is 161 cm³/mol. The Kier molecular flexibility index (Phi) is 10.9. The minimum atomic E-state index is -0.0998. The lowest BCUT2D eigenvalue weighted by Gasteiger charge is -2.63. The van der Waals surface area contributed by atoms with Gasteiger partial charge in [0, 0.05) is 32.1 Å². The molecule has 43 heavy (non-hydrogen) atoms. The van der Waals surface area contributed by atoms with E-state index in [0.717, 1.165) is 21.3 Å². The Labute approximate surface area is 283 Å². The molecule has 2 heterocycles. The van der Waals surface area contributed by atoms with Crippen LogP contribution in [0.25, 0.3) is 0 Å². The molecule has 10 atom stereocenters. The molecule has 8 heteroatoms. The van der Waals surface area contributed by atoms with Gasteiger partial charge in [-0.05, 0) is 99.7 Å². The molecule has 0 unspecified atom stereocenters. The molecule has 4 aliphatic carbocycles. The molecule has 0 N–H and O–H groups in total. The minimum Gasteiger partial charge on any atom is -1.00 e. The lowest BCUT2D eigenvalue weighted by molar-refractivity contribution is -0.943. The molecule has 6 aliphatic rings. The maximum absolute atomic E-state index is 12.5. The zero-order valence-corrected chi connectivity index (χ0v) is 31.1. The Balaban J connectivity index is 0.00000212. The minimum absolute atomic E-state index is 0. The van der Waals surface area contributed by atoms with Crippen molar-refractivity contribution in [3.05, 3.63) is 0 Å². The first-order chi connectivity index (χ1) is 19.4. The van der Waals surface area contributed by atoms with E-state index in [9.17, 15) is 9.59 Å². The highest BCUT2D eigenvalue weighted by Crippen LogP contribution is 2.68. The number of esters is 2. The number of piperidine rings is 2. The molecule has 0 aromatic heterocycles. The topological polar surface area (TPSA) is 52.6 Å². The van der Waals surface area contributed by atoms with Gasteiger partial charge in [-0.3, -0.25) is 9.59 Å². The van der Waals surface area contributed by atoms with E-state index >= 15 is 0 Å². The molecule has 0 amide bonds. The van der Waals surface area contributed by atoms with Gasteiger partial charge in [0.25, 0.3) is 0 Å². The fourth-order valence-electron chi connectivity index (χ4n) is 12.3. The summed E-state index contributed by atoms with van der Waals surface area (Å²) in [5, 5.41) is 0. The molecule has 0 spiro atoms. The van der Waals surface area contributed by atoms with Gasteiger partial charge in [-0.25, -0.2) is 0 Å². The average Bonchev–Trinajstić information content (AvgIpc) is 3.21. The van der Waals surface area contributed by atoms with E-state index in [1.807, 2.05) is 0 Å². The average molecular weight is 733 g/mol. The van der Waals surface area contributed by atoms with Crippen LogP contribution in [-0.2, 0) is 19.1 Å². The fraction of sp³-hybridized carbons (Fsp3) is 0.943. The van der Waals surface area contributed by atoms with E-state index in [0.29, 0.717) is 35.3 Å². The van der Waals surface area contributed by atoms with Gasteiger partial charge in [-0.15, -0.1) is 0 Å². The third-order valence-corrected chi connectivity index (χ3v) is 14.5. The van der Waals surface area contributed by atoms with E-state index in [1.165, 1.54) is 103 Å². The number of fused-ring (bicyclic) bond motifs is 5. The standard InChI is InChI=1S/C35H60N2O4.2BrH/c1-24(38)40-32-21-26-13-14-27-28(35(26,4)23-31(32)37(6)19-11-8-12-20-37)15-16-34(3)29(27)22-30(33(34)41-25(2)39)36(5)17-9-7-10-18-36;;/h26-33H,7-23H2,1-6H3;2*1H/q+2;;/p-2/t26-,27+,28-,29-,30+,31-,32-,33-,34-,35-;;/m0../s1.